The summed E-state index contributed by atoms with van der Waals surface area (Å²) in [7, 11) is 1.38. The number of carboxylic acids is 1. The molecule has 204 valence electrons. The van der Waals surface area contributed by atoms with Crippen molar-refractivity contribution < 1.29 is 34.1 Å². The molecule has 0 saturated heterocycles. The lowest BCUT2D eigenvalue weighted by Crippen LogP contribution is -2.64. The van der Waals surface area contributed by atoms with Crippen molar-refractivity contribution in [2.24, 2.45) is 34.0 Å². The van der Waals surface area contributed by atoms with Gasteiger partial charge in [0.25, 0.3) is 0 Å². The van der Waals surface area contributed by atoms with Gasteiger partial charge in [-0.25, -0.2) is 4.79 Å². The molecule has 0 aromatic rings. The second-order valence-corrected chi connectivity index (χ2v) is 13.1. The zero-order valence-corrected chi connectivity index (χ0v) is 23.2. The molecular formula is C29H46O7. The molecule has 2 N–H and O–H groups in total. The number of fused-ring (bicyclic) bond motifs is 3. The van der Waals surface area contributed by atoms with E-state index in [9.17, 15) is 19.5 Å². The molecule has 7 unspecified atom stereocenters. The zero-order valence-electron chi connectivity index (χ0n) is 23.2. The van der Waals surface area contributed by atoms with Crippen LogP contribution in [-0.2, 0) is 23.9 Å². The van der Waals surface area contributed by atoms with Gasteiger partial charge in [-0.2, -0.15) is 0 Å². The average Bonchev–Trinajstić information content (AvgIpc) is 2.73. The normalized spacial score (nSPS) is 39.9. The minimum Gasteiger partial charge on any atom is -0.481 e. The molecule has 3 rings (SSSR count). The van der Waals surface area contributed by atoms with Crippen LogP contribution in [0, 0.1) is 34.0 Å². The molecule has 3 saturated carbocycles. The number of hydrogen-bond donors (Lipinski definition) is 2. The molecule has 0 radical (unpaired) electrons. The third-order valence-corrected chi connectivity index (χ3v) is 10.5. The quantitative estimate of drug-likeness (QED) is 0.274. The third kappa shape index (κ3) is 5.23. The predicted octanol–water partition coefficient (Wildman–Crippen LogP) is 5.29. The van der Waals surface area contributed by atoms with Crippen LogP contribution in [0.3, 0.4) is 0 Å². The van der Waals surface area contributed by atoms with Crippen LogP contribution in [0.25, 0.3) is 0 Å². The summed E-state index contributed by atoms with van der Waals surface area (Å²) in [6.07, 6.45) is 7.53. The lowest BCUT2D eigenvalue weighted by atomic mass is 9.37. The third-order valence-electron chi connectivity index (χ3n) is 10.5. The van der Waals surface area contributed by atoms with Gasteiger partial charge < -0.3 is 19.7 Å². The summed E-state index contributed by atoms with van der Waals surface area (Å²) in [6.45, 7) is 13.0. The number of hydrogen-bond acceptors (Lipinski definition) is 6. The van der Waals surface area contributed by atoms with Crippen molar-refractivity contribution in [2.45, 2.75) is 111 Å². The fraction of sp³-hybridized carbons (Fsp3) is 0.828. The van der Waals surface area contributed by atoms with Gasteiger partial charge in [0.15, 0.2) is 0 Å². The number of rotatable bonds is 7. The Bertz CT molecular complexity index is 903. The molecule has 0 aromatic heterocycles. The van der Waals surface area contributed by atoms with Crippen molar-refractivity contribution in [3.05, 3.63) is 11.6 Å². The Hall–Kier alpha value is -1.89. The molecule has 0 aromatic carbocycles. The Balaban J connectivity index is 1.85. The van der Waals surface area contributed by atoms with Crippen LogP contribution in [0.15, 0.2) is 11.6 Å². The summed E-state index contributed by atoms with van der Waals surface area (Å²) in [5, 5.41) is 20.5. The van der Waals surface area contributed by atoms with Crippen LogP contribution in [0.5, 0.6) is 0 Å². The van der Waals surface area contributed by atoms with Gasteiger partial charge in [-0.3, -0.25) is 9.59 Å². The van der Waals surface area contributed by atoms with E-state index in [0.717, 1.165) is 56.9 Å². The topological polar surface area (TPSA) is 110 Å². The first-order chi connectivity index (χ1) is 16.6. The largest absolute Gasteiger partial charge is 0.481 e. The maximum atomic E-state index is 12.2. The van der Waals surface area contributed by atoms with Gasteiger partial charge in [-0.1, -0.05) is 33.3 Å². The standard InChI is InChI=1S/C29H46O7/c1-18(16-24(32)35-7)8-9-21-28(5)13-10-19-26(2,3)22(36-25(33)17-23(30)31)12-14-27(19,4)20(28)11-15-29(21,6)34/h16,19-22,34H,8-15,17H2,1-7H3,(H,30,31). The van der Waals surface area contributed by atoms with Gasteiger partial charge in [0.1, 0.15) is 12.5 Å². The van der Waals surface area contributed by atoms with E-state index >= 15 is 0 Å². The number of esters is 2. The van der Waals surface area contributed by atoms with Crippen LogP contribution in [0.1, 0.15) is 99.3 Å². The van der Waals surface area contributed by atoms with E-state index in [2.05, 4.69) is 27.7 Å². The Labute approximate surface area is 216 Å². The summed E-state index contributed by atoms with van der Waals surface area (Å²) in [5.41, 5.74) is -0.0658. The minimum absolute atomic E-state index is 0.0395. The number of carboxylic acid groups (broad SMARTS) is 1. The SMILES string of the molecule is COC(=O)C=C(C)CCC1C(C)(O)CCC2C1(C)CCC1C(C)(C)C(OC(=O)CC(=O)O)CCC12C. The molecule has 3 aliphatic carbocycles. The summed E-state index contributed by atoms with van der Waals surface area (Å²) in [5.74, 6) is -1.30. The monoisotopic (exact) mass is 506 g/mol. The van der Waals surface area contributed by atoms with Crippen LogP contribution in [-0.4, -0.2) is 46.9 Å². The van der Waals surface area contributed by atoms with E-state index in [1.807, 2.05) is 13.8 Å². The van der Waals surface area contributed by atoms with Crippen molar-refractivity contribution in [3.8, 4) is 0 Å². The molecule has 0 bridgehead atoms. The molecule has 7 heteroatoms. The van der Waals surface area contributed by atoms with Gasteiger partial charge in [0.2, 0.25) is 0 Å². The number of aliphatic hydroxyl groups is 1. The lowest BCUT2D eigenvalue weighted by molar-refractivity contribution is -0.231. The fourth-order valence-corrected chi connectivity index (χ4v) is 8.84. The van der Waals surface area contributed by atoms with E-state index in [-0.39, 0.29) is 34.2 Å². The predicted molar refractivity (Wildman–Crippen MR) is 136 cm³/mol. The maximum absolute atomic E-state index is 12.2. The number of aliphatic carboxylic acids is 1. The molecule has 3 fully saturated rings. The number of methoxy groups -OCH3 is 1. The second kappa shape index (κ2) is 10.1. The molecule has 7 nitrogen and oxygen atoms in total. The first-order valence-corrected chi connectivity index (χ1v) is 13.5. The maximum Gasteiger partial charge on any atom is 0.330 e. The van der Waals surface area contributed by atoms with Crippen molar-refractivity contribution in [1.82, 2.24) is 0 Å². The highest BCUT2D eigenvalue weighted by Gasteiger charge is 2.65. The van der Waals surface area contributed by atoms with Crippen LogP contribution >= 0.6 is 0 Å². The molecule has 0 aliphatic heterocycles. The summed E-state index contributed by atoms with van der Waals surface area (Å²) < 4.78 is 10.5. The molecular weight excluding hydrogens is 460 g/mol. The van der Waals surface area contributed by atoms with Gasteiger partial charge in [-0.15, -0.1) is 0 Å². The van der Waals surface area contributed by atoms with E-state index < -0.39 is 24.0 Å². The van der Waals surface area contributed by atoms with Crippen LogP contribution in [0.2, 0.25) is 0 Å². The molecule has 36 heavy (non-hydrogen) atoms. The molecule has 0 heterocycles. The Morgan fingerprint density at radius 3 is 2.17 bits per heavy atom. The number of allylic oxidation sites excluding steroid dienone is 1. The van der Waals surface area contributed by atoms with E-state index in [1.165, 1.54) is 7.11 Å². The van der Waals surface area contributed by atoms with Crippen molar-refractivity contribution in [2.75, 3.05) is 7.11 Å². The highest BCUT2D eigenvalue weighted by molar-refractivity contribution is 5.90. The number of carbonyl (C=O) groups excluding carboxylic acids is 2. The van der Waals surface area contributed by atoms with E-state index in [1.54, 1.807) is 6.08 Å². The smallest absolute Gasteiger partial charge is 0.330 e. The summed E-state index contributed by atoms with van der Waals surface area (Å²) >= 11 is 0. The first-order valence-electron chi connectivity index (χ1n) is 13.5. The first kappa shape index (κ1) is 28.7. The molecule has 7 atom stereocenters. The van der Waals surface area contributed by atoms with Crippen molar-refractivity contribution >= 4 is 17.9 Å². The molecule has 0 spiro atoms. The summed E-state index contributed by atoms with van der Waals surface area (Å²) in [6, 6.07) is 0. The zero-order chi connectivity index (χ0) is 27.1. The second-order valence-electron chi connectivity index (χ2n) is 13.1. The van der Waals surface area contributed by atoms with Gasteiger partial charge in [0, 0.05) is 11.5 Å². The Morgan fingerprint density at radius 2 is 1.56 bits per heavy atom. The van der Waals surface area contributed by atoms with E-state index in [4.69, 9.17) is 14.6 Å². The molecule has 0 amide bonds. The molecule has 3 aliphatic rings. The van der Waals surface area contributed by atoms with Crippen LogP contribution < -0.4 is 0 Å². The van der Waals surface area contributed by atoms with Crippen LogP contribution in [0.4, 0.5) is 0 Å². The van der Waals surface area contributed by atoms with Gasteiger partial charge in [-0.05, 0) is 93.8 Å². The highest BCUT2D eigenvalue weighted by atomic mass is 16.5. The number of carbonyl (C=O) groups is 3. The van der Waals surface area contributed by atoms with Gasteiger partial charge >= 0.3 is 17.9 Å². The minimum atomic E-state index is -1.16. The average molecular weight is 507 g/mol. The Kier molecular flexibility index (Phi) is 8.05. The number of ether oxygens (including phenoxy) is 2. The summed E-state index contributed by atoms with van der Waals surface area (Å²) in [4.78, 5) is 34.9. The van der Waals surface area contributed by atoms with Gasteiger partial charge in [0.05, 0.1) is 12.7 Å². The van der Waals surface area contributed by atoms with E-state index in [0.29, 0.717) is 11.8 Å². The van der Waals surface area contributed by atoms with Crippen molar-refractivity contribution in [1.29, 1.82) is 0 Å². The van der Waals surface area contributed by atoms with Crippen molar-refractivity contribution in [3.63, 3.8) is 0 Å². The Morgan fingerprint density at radius 1 is 0.944 bits per heavy atom. The highest BCUT2D eigenvalue weighted by Crippen LogP contribution is 2.70. The lowest BCUT2D eigenvalue weighted by Gasteiger charge is -2.68. The fourth-order valence-electron chi connectivity index (χ4n) is 8.84.